The Hall–Kier alpha value is -1.89. The lowest BCUT2D eigenvalue weighted by molar-refractivity contribution is 0.242. The second-order valence-corrected chi connectivity index (χ2v) is 4.26. The number of nitrogen functional groups attached to an aromatic ring is 1. The molecule has 0 aromatic heterocycles. The third-order valence-electron chi connectivity index (χ3n) is 2.29. The van der Waals surface area contributed by atoms with Gasteiger partial charge in [0.15, 0.2) is 0 Å². The van der Waals surface area contributed by atoms with Crippen LogP contribution in [0.15, 0.2) is 18.2 Å². The second-order valence-electron chi connectivity index (χ2n) is 4.26. The summed E-state index contributed by atoms with van der Waals surface area (Å²) in [5.41, 5.74) is 7.47. The topological polar surface area (TPSA) is 62.3 Å². The van der Waals surface area contributed by atoms with Gasteiger partial charge in [0, 0.05) is 37.1 Å². The first-order chi connectivity index (χ1) is 8.02. The summed E-state index contributed by atoms with van der Waals surface area (Å²) in [6, 6.07) is 7.75. The van der Waals surface area contributed by atoms with Crippen LogP contribution in [0.4, 0.5) is 11.4 Å². The quantitative estimate of drug-likeness (QED) is 0.793. The van der Waals surface area contributed by atoms with Gasteiger partial charge in [-0.1, -0.05) is 0 Å². The highest BCUT2D eigenvalue weighted by Gasteiger charge is 2.05. The zero-order chi connectivity index (χ0) is 12.8. The molecule has 0 unspecified atom stereocenters. The first kappa shape index (κ1) is 13.2. The lowest BCUT2D eigenvalue weighted by atomic mass is 10.2. The van der Waals surface area contributed by atoms with Crippen LogP contribution in [0.1, 0.15) is 20.3 Å². The van der Waals surface area contributed by atoms with Gasteiger partial charge < -0.3 is 15.4 Å². The summed E-state index contributed by atoms with van der Waals surface area (Å²) in [7, 11) is 1.94. The van der Waals surface area contributed by atoms with E-state index in [1.165, 1.54) is 0 Å². The first-order valence-electron chi connectivity index (χ1n) is 5.68. The molecule has 0 amide bonds. The monoisotopic (exact) mass is 233 g/mol. The van der Waals surface area contributed by atoms with Gasteiger partial charge in [-0.15, -0.1) is 0 Å². The molecule has 92 valence electrons. The molecule has 0 radical (unpaired) electrons. The molecule has 0 aliphatic heterocycles. The number of nitriles is 1. The average Bonchev–Trinajstić information content (AvgIpc) is 2.24. The van der Waals surface area contributed by atoms with E-state index in [0.717, 1.165) is 11.4 Å². The molecule has 0 bridgehead atoms. The van der Waals surface area contributed by atoms with Crippen molar-refractivity contribution < 1.29 is 4.74 Å². The molecule has 17 heavy (non-hydrogen) atoms. The lowest BCUT2D eigenvalue weighted by Gasteiger charge is -2.20. The highest BCUT2D eigenvalue weighted by Crippen LogP contribution is 2.25. The molecule has 0 saturated heterocycles. The minimum absolute atomic E-state index is 0.120. The van der Waals surface area contributed by atoms with E-state index in [1.807, 2.05) is 44.0 Å². The summed E-state index contributed by atoms with van der Waals surface area (Å²) in [5.74, 6) is 0.763. The maximum absolute atomic E-state index is 8.56. The van der Waals surface area contributed by atoms with Crippen LogP contribution in [0.3, 0.4) is 0 Å². The smallest absolute Gasteiger partial charge is 0.123 e. The molecular formula is C13H19N3O. The number of nitrogens with zero attached hydrogens (tertiary/aromatic N) is 2. The standard InChI is InChI=1S/C13H19N3O/c1-10(2)17-13-8-11(15)7-12(9-13)16(3)6-4-5-14/h7-10H,4,6,15H2,1-3H3. The van der Waals surface area contributed by atoms with E-state index in [9.17, 15) is 0 Å². The summed E-state index contributed by atoms with van der Waals surface area (Å²) in [5, 5.41) is 8.56. The zero-order valence-electron chi connectivity index (χ0n) is 10.6. The van der Waals surface area contributed by atoms with Crippen LogP contribution in [0, 0.1) is 11.3 Å². The molecule has 0 aliphatic rings. The Balaban J connectivity index is 2.85. The minimum Gasteiger partial charge on any atom is -0.491 e. The Morgan fingerprint density at radius 3 is 2.71 bits per heavy atom. The molecule has 0 saturated carbocycles. The number of anilines is 2. The maximum atomic E-state index is 8.56. The third-order valence-corrected chi connectivity index (χ3v) is 2.29. The number of benzene rings is 1. The zero-order valence-corrected chi connectivity index (χ0v) is 10.6. The molecule has 4 heteroatoms. The molecule has 0 spiro atoms. The Morgan fingerprint density at radius 1 is 1.41 bits per heavy atom. The van der Waals surface area contributed by atoms with Crippen molar-refractivity contribution in [2.45, 2.75) is 26.4 Å². The van der Waals surface area contributed by atoms with Crippen molar-refractivity contribution in [2.24, 2.45) is 0 Å². The summed E-state index contributed by atoms with van der Waals surface area (Å²) >= 11 is 0. The molecule has 0 heterocycles. The Kier molecular flexibility index (Phi) is 4.65. The number of hydrogen-bond acceptors (Lipinski definition) is 4. The van der Waals surface area contributed by atoms with E-state index in [2.05, 4.69) is 6.07 Å². The van der Waals surface area contributed by atoms with Gasteiger partial charge in [-0.2, -0.15) is 5.26 Å². The van der Waals surface area contributed by atoms with Gasteiger partial charge in [0.2, 0.25) is 0 Å². The van der Waals surface area contributed by atoms with Crippen LogP contribution < -0.4 is 15.4 Å². The minimum atomic E-state index is 0.120. The summed E-state index contributed by atoms with van der Waals surface area (Å²) in [6.07, 6.45) is 0.611. The van der Waals surface area contributed by atoms with E-state index in [1.54, 1.807) is 0 Å². The fourth-order valence-electron chi connectivity index (χ4n) is 1.51. The molecule has 4 nitrogen and oxygen atoms in total. The Morgan fingerprint density at radius 2 is 2.12 bits per heavy atom. The highest BCUT2D eigenvalue weighted by molar-refractivity contribution is 5.60. The number of rotatable bonds is 5. The largest absolute Gasteiger partial charge is 0.491 e. The molecule has 1 aromatic rings. The van der Waals surface area contributed by atoms with Crippen molar-refractivity contribution >= 4 is 11.4 Å². The lowest BCUT2D eigenvalue weighted by Crippen LogP contribution is -2.18. The maximum Gasteiger partial charge on any atom is 0.123 e. The summed E-state index contributed by atoms with van der Waals surface area (Å²) < 4.78 is 5.62. The van der Waals surface area contributed by atoms with Crippen LogP contribution in [0.5, 0.6) is 5.75 Å². The first-order valence-corrected chi connectivity index (χ1v) is 5.68. The number of hydrogen-bond donors (Lipinski definition) is 1. The van der Waals surface area contributed by atoms with Crippen LogP contribution in [0.2, 0.25) is 0 Å². The van der Waals surface area contributed by atoms with Gasteiger partial charge in [-0.25, -0.2) is 0 Å². The molecular weight excluding hydrogens is 214 g/mol. The van der Waals surface area contributed by atoms with Gasteiger partial charge in [-0.3, -0.25) is 0 Å². The molecule has 0 aliphatic carbocycles. The fraction of sp³-hybridized carbons (Fsp3) is 0.462. The Labute approximate surface area is 103 Å². The summed E-state index contributed by atoms with van der Waals surface area (Å²) in [6.45, 7) is 4.63. The third kappa shape index (κ3) is 4.23. The van der Waals surface area contributed by atoms with E-state index in [-0.39, 0.29) is 6.10 Å². The van der Waals surface area contributed by atoms with Crippen molar-refractivity contribution in [1.29, 1.82) is 5.26 Å². The Bertz CT molecular complexity index is 410. The van der Waals surface area contributed by atoms with Crippen molar-refractivity contribution in [1.82, 2.24) is 0 Å². The second kappa shape index (κ2) is 6.00. The number of nitrogens with two attached hydrogens (primary N) is 1. The van der Waals surface area contributed by atoms with Crippen molar-refractivity contribution in [3.63, 3.8) is 0 Å². The predicted octanol–water partition coefficient (Wildman–Crippen LogP) is 2.41. The van der Waals surface area contributed by atoms with Crippen molar-refractivity contribution in [3.8, 4) is 11.8 Å². The fourth-order valence-corrected chi connectivity index (χ4v) is 1.51. The van der Waals surface area contributed by atoms with Crippen LogP contribution in [0.25, 0.3) is 0 Å². The van der Waals surface area contributed by atoms with E-state index in [0.29, 0.717) is 18.7 Å². The highest BCUT2D eigenvalue weighted by atomic mass is 16.5. The summed E-state index contributed by atoms with van der Waals surface area (Å²) in [4.78, 5) is 1.99. The van der Waals surface area contributed by atoms with Gasteiger partial charge in [0.25, 0.3) is 0 Å². The van der Waals surface area contributed by atoms with Crippen LogP contribution in [-0.2, 0) is 0 Å². The van der Waals surface area contributed by atoms with E-state index < -0.39 is 0 Å². The van der Waals surface area contributed by atoms with Gasteiger partial charge in [0.1, 0.15) is 5.75 Å². The SMILES string of the molecule is CC(C)Oc1cc(N)cc(N(C)CCC#N)c1. The molecule has 0 atom stereocenters. The normalized spacial score (nSPS) is 10.1. The van der Waals surface area contributed by atoms with E-state index in [4.69, 9.17) is 15.7 Å². The molecule has 0 fully saturated rings. The van der Waals surface area contributed by atoms with Gasteiger partial charge in [0.05, 0.1) is 18.6 Å². The van der Waals surface area contributed by atoms with Crippen molar-refractivity contribution in [2.75, 3.05) is 24.2 Å². The van der Waals surface area contributed by atoms with Gasteiger partial charge >= 0.3 is 0 Å². The molecule has 2 N–H and O–H groups in total. The predicted molar refractivity (Wildman–Crippen MR) is 70.1 cm³/mol. The van der Waals surface area contributed by atoms with Gasteiger partial charge in [-0.05, 0) is 19.9 Å². The molecule has 1 rings (SSSR count). The average molecular weight is 233 g/mol. The van der Waals surface area contributed by atoms with Crippen molar-refractivity contribution in [3.05, 3.63) is 18.2 Å². The van der Waals surface area contributed by atoms with E-state index >= 15 is 0 Å². The van der Waals surface area contributed by atoms with Crippen LogP contribution >= 0.6 is 0 Å². The molecule has 1 aromatic carbocycles. The van der Waals surface area contributed by atoms with Crippen LogP contribution in [-0.4, -0.2) is 19.7 Å². The number of ether oxygens (including phenoxy) is 1.